The molecule has 3 heteroatoms. The highest BCUT2D eigenvalue weighted by molar-refractivity contribution is 5.86. The first-order valence-electron chi connectivity index (χ1n) is 4.37. The Hall–Kier alpha value is -1.64. The summed E-state index contributed by atoms with van der Waals surface area (Å²) in [6.07, 6.45) is 1.92. The van der Waals surface area contributed by atoms with Crippen LogP contribution >= 0.6 is 0 Å². The zero-order valence-electron chi connectivity index (χ0n) is 7.79. The molecule has 2 nitrogen and oxygen atoms in total. The largest absolute Gasteiger partial charge is 0.352 e. The van der Waals surface area contributed by atoms with Gasteiger partial charge in [0.2, 0.25) is 5.91 Å². The Morgan fingerprint density at radius 2 is 2.07 bits per heavy atom. The SMILES string of the molecule is C=CC(=O)NCCc1ccc(F)cc1. The van der Waals surface area contributed by atoms with E-state index in [4.69, 9.17) is 0 Å². The number of amides is 1. The minimum absolute atomic E-state index is 0.188. The predicted molar refractivity (Wildman–Crippen MR) is 53.3 cm³/mol. The van der Waals surface area contributed by atoms with Crippen LogP contribution in [0.15, 0.2) is 36.9 Å². The van der Waals surface area contributed by atoms with Gasteiger partial charge >= 0.3 is 0 Å². The molecule has 1 aromatic rings. The molecule has 0 bridgehead atoms. The molecule has 0 aliphatic rings. The van der Waals surface area contributed by atoms with E-state index in [2.05, 4.69) is 11.9 Å². The van der Waals surface area contributed by atoms with Gasteiger partial charge in [0.1, 0.15) is 5.82 Å². The molecule has 0 radical (unpaired) electrons. The number of carbonyl (C=O) groups excluding carboxylic acids is 1. The van der Waals surface area contributed by atoms with E-state index in [1.807, 2.05) is 0 Å². The summed E-state index contributed by atoms with van der Waals surface area (Å²) in [5.74, 6) is -0.434. The average molecular weight is 193 g/mol. The Morgan fingerprint density at radius 1 is 1.43 bits per heavy atom. The van der Waals surface area contributed by atoms with Crippen LogP contribution in [0.4, 0.5) is 4.39 Å². The molecule has 1 rings (SSSR count). The standard InChI is InChI=1S/C11H12FNO/c1-2-11(14)13-8-7-9-3-5-10(12)6-4-9/h2-6H,1,7-8H2,(H,13,14). The van der Waals surface area contributed by atoms with Crippen molar-refractivity contribution in [2.45, 2.75) is 6.42 Å². The van der Waals surface area contributed by atoms with Gasteiger partial charge < -0.3 is 5.32 Å². The number of hydrogen-bond donors (Lipinski definition) is 1. The topological polar surface area (TPSA) is 29.1 Å². The van der Waals surface area contributed by atoms with E-state index in [1.54, 1.807) is 12.1 Å². The molecule has 74 valence electrons. The molecule has 0 aliphatic heterocycles. The zero-order chi connectivity index (χ0) is 10.4. The van der Waals surface area contributed by atoms with Crippen molar-refractivity contribution >= 4 is 5.91 Å². The summed E-state index contributed by atoms with van der Waals surface area (Å²) >= 11 is 0. The minimum Gasteiger partial charge on any atom is -0.352 e. The van der Waals surface area contributed by atoms with Crippen LogP contribution in [-0.2, 0) is 11.2 Å². The molecule has 1 aromatic carbocycles. The fraction of sp³-hybridized carbons (Fsp3) is 0.182. The highest BCUT2D eigenvalue weighted by atomic mass is 19.1. The van der Waals surface area contributed by atoms with Crippen LogP contribution in [0, 0.1) is 5.82 Å². The molecule has 0 heterocycles. The molecule has 1 N–H and O–H groups in total. The number of rotatable bonds is 4. The van der Waals surface area contributed by atoms with Gasteiger partial charge in [-0.1, -0.05) is 18.7 Å². The fourth-order valence-corrected chi connectivity index (χ4v) is 1.05. The van der Waals surface area contributed by atoms with Crippen molar-refractivity contribution in [3.8, 4) is 0 Å². The lowest BCUT2D eigenvalue weighted by Gasteiger charge is -2.02. The molecule has 0 spiro atoms. The maximum Gasteiger partial charge on any atom is 0.243 e. The number of benzene rings is 1. The smallest absolute Gasteiger partial charge is 0.243 e. The highest BCUT2D eigenvalue weighted by Crippen LogP contribution is 2.02. The molecular weight excluding hydrogens is 181 g/mol. The monoisotopic (exact) mass is 193 g/mol. The first-order chi connectivity index (χ1) is 6.72. The average Bonchev–Trinajstić information content (AvgIpc) is 2.21. The van der Waals surface area contributed by atoms with Crippen molar-refractivity contribution in [2.75, 3.05) is 6.54 Å². The van der Waals surface area contributed by atoms with E-state index in [0.717, 1.165) is 5.56 Å². The van der Waals surface area contributed by atoms with Crippen LogP contribution in [0.5, 0.6) is 0 Å². The van der Waals surface area contributed by atoms with E-state index >= 15 is 0 Å². The molecule has 0 aromatic heterocycles. The molecule has 1 amide bonds. The number of nitrogens with one attached hydrogen (secondary N) is 1. The second kappa shape index (κ2) is 5.17. The molecule has 0 unspecified atom stereocenters. The van der Waals surface area contributed by atoms with Gasteiger partial charge in [0.25, 0.3) is 0 Å². The van der Waals surface area contributed by atoms with Gasteiger partial charge in [-0.3, -0.25) is 4.79 Å². The summed E-state index contributed by atoms with van der Waals surface area (Å²) in [7, 11) is 0. The number of carbonyl (C=O) groups is 1. The Bertz CT molecular complexity index is 319. The lowest BCUT2D eigenvalue weighted by atomic mass is 10.1. The van der Waals surface area contributed by atoms with E-state index in [1.165, 1.54) is 18.2 Å². The van der Waals surface area contributed by atoms with Crippen LogP contribution in [0.3, 0.4) is 0 Å². The Labute approximate surface area is 82.4 Å². The van der Waals surface area contributed by atoms with Gasteiger partial charge in [-0.15, -0.1) is 0 Å². The maximum absolute atomic E-state index is 12.5. The van der Waals surface area contributed by atoms with Crippen molar-refractivity contribution in [1.29, 1.82) is 0 Å². The predicted octanol–water partition coefficient (Wildman–Crippen LogP) is 1.67. The third-order valence-electron chi connectivity index (χ3n) is 1.81. The van der Waals surface area contributed by atoms with Crippen molar-refractivity contribution in [2.24, 2.45) is 0 Å². The molecule has 0 fully saturated rings. The zero-order valence-corrected chi connectivity index (χ0v) is 7.79. The van der Waals surface area contributed by atoms with Crippen molar-refractivity contribution in [3.05, 3.63) is 48.3 Å². The molecule has 0 atom stereocenters. The Balaban J connectivity index is 2.35. The van der Waals surface area contributed by atoms with Crippen LogP contribution in [-0.4, -0.2) is 12.5 Å². The van der Waals surface area contributed by atoms with Crippen molar-refractivity contribution in [3.63, 3.8) is 0 Å². The normalized spacial score (nSPS) is 9.50. The molecular formula is C11H12FNO. The molecule has 0 aliphatic carbocycles. The van der Waals surface area contributed by atoms with Crippen LogP contribution in [0.25, 0.3) is 0 Å². The quantitative estimate of drug-likeness (QED) is 0.724. The molecule has 14 heavy (non-hydrogen) atoms. The van der Waals surface area contributed by atoms with Gasteiger partial charge in [-0.25, -0.2) is 4.39 Å². The summed E-state index contributed by atoms with van der Waals surface area (Å²) in [6.45, 7) is 3.87. The summed E-state index contributed by atoms with van der Waals surface area (Å²) in [5, 5.41) is 2.64. The van der Waals surface area contributed by atoms with Crippen LogP contribution in [0.1, 0.15) is 5.56 Å². The second-order valence-corrected chi connectivity index (χ2v) is 2.87. The lowest BCUT2D eigenvalue weighted by molar-refractivity contribution is -0.116. The highest BCUT2D eigenvalue weighted by Gasteiger charge is 1.95. The first kappa shape index (κ1) is 10.4. The van der Waals surface area contributed by atoms with Gasteiger partial charge in [-0.05, 0) is 30.2 Å². The van der Waals surface area contributed by atoms with E-state index in [-0.39, 0.29) is 11.7 Å². The van der Waals surface area contributed by atoms with E-state index < -0.39 is 0 Å². The summed E-state index contributed by atoms with van der Waals surface area (Å²) in [4.78, 5) is 10.8. The van der Waals surface area contributed by atoms with Crippen molar-refractivity contribution < 1.29 is 9.18 Å². The number of halogens is 1. The van der Waals surface area contributed by atoms with Gasteiger partial charge in [-0.2, -0.15) is 0 Å². The molecule has 0 saturated heterocycles. The minimum atomic E-state index is -0.246. The summed E-state index contributed by atoms with van der Waals surface area (Å²) in [6, 6.07) is 6.22. The van der Waals surface area contributed by atoms with Gasteiger partial charge in [0.05, 0.1) is 0 Å². The fourth-order valence-electron chi connectivity index (χ4n) is 1.05. The van der Waals surface area contributed by atoms with Crippen LogP contribution in [0.2, 0.25) is 0 Å². The Morgan fingerprint density at radius 3 is 2.64 bits per heavy atom. The van der Waals surface area contributed by atoms with E-state index in [0.29, 0.717) is 13.0 Å². The number of hydrogen-bond acceptors (Lipinski definition) is 1. The van der Waals surface area contributed by atoms with Gasteiger partial charge in [0, 0.05) is 6.54 Å². The summed E-state index contributed by atoms with van der Waals surface area (Å²) in [5.41, 5.74) is 0.996. The van der Waals surface area contributed by atoms with Crippen LogP contribution < -0.4 is 5.32 Å². The van der Waals surface area contributed by atoms with Gasteiger partial charge in [0.15, 0.2) is 0 Å². The third kappa shape index (κ3) is 3.39. The lowest BCUT2D eigenvalue weighted by Crippen LogP contribution is -2.23. The van der Waals surface area contributed by atoms with Crippen molar-refractivity contribution in [1.82, 2.24) is 5.32 Å². The first-order valence-corrected chi connectivity index (χ1v) is 4.37. The third-order valence-corrected chi connectivity index (χ3v) is 1.81. The Kier molecular flexibility index (Phi) is 3.85. The second-order valence-electron chi connectivity index (χ2n) is 2.87. The maximum atomic E-state index is 12.5. The summed E-state index contributed by atoms with van der Waals surface area (Å²) < 4.78 is 12.5. The van der Waals surface area contributed by atoms with E-state index in [9.17, 15) is 9.18 Å². The molecule has 0 saturated carbocycles.